The molecular weight excluding hydrogens is 995 g/mol. The molecule has 24 nitrogen and oxygen atoms in total. The number of amides is 6. The Morgan fingerprint density at radius 1 is 0.844 bits per heavy atom. The van der Waals surface area contributed by atoms with Crippen LogP contribution in [0.5, 0.6) is 0 Å². The Hall–Kier alpha value is -7.90. The van der Waals surface area contributed by atoms with E-state index in [0.29, 0.717) is 67.0 Å². The molecule has 77 heavy (non-hydrogen) atoms. The lowest BCUT2D eigenvalue weighted by Gasteiger charge is -2.36. The van der Waals surface area contributed by atoms with Gasteiger partial charge in [0.1, 0.15) is 23.6 Å². The number of carbonyl (C=O) groups excluding carboxylic acids is 6. The molecule has 3 aliphatic rings. The molecule has 3 aliphatic heterocycles. The normalized spacial score (nSPS) is 15.9. The molecule has 0 radical (unpaired) electrons. The summed E-state index contributed by atoms with van der Waals surface area (Å²) in [4.78, 5) is 108. The molecule has 2 fully saturated rings. The van der Waals surface area contributed by atoms with Crippen LogP contribution in [0.1, 0.15) is 65.9 Å². The van der Waals surface area contributed by atoms with Crippen molar-refractivity contribution in [3.8, 4) is 5.82 Å². The highest BCUT2D eigenvalue weighted by Crippen LogP contribution is 2.32. The molecule has 0 saturated carbocycles. The van der Waals surface area contributed by atoms with Crippen LogP contribution in [0.4, 0.5) is 23.0 Å². The van der Waals surface area contributed by atoms with Crippen molar-refractivity contribution in [1.82, 2.24) is 50.1 Å². The Morgan fingerprint density at radius 3 is 2.31 bits per heavy atom. The van der Waals surface area contributed by atoms with E-state index in [1.807, 2.05) is 24.3 Å². The lowest BCUT2D eigenvalue weighted by Crippen LogP contribution is -2.54. The molecule has 1 atom stereocenters. The van der Waals surface area contributed by atoms with Gasteiger partial charge in [-0.2, -0.15) is 4.98 Å². The zero-order valence-electron chi connectivity index (χ0n) is 43.3. The quantitative estimate of drug-likeness (QED) is 0.0249. The van der Waals surface area contributed by atoms with E-state index in [9.17, 15) is 38.7 Å². The van der Waals surface area contributed by atoms with Crippen molar-refractivity contribution in [2.24, 2.45) is 0 Å². The van der Waals surface area contributed by atoms with Crippen LogP contribution >= 0.6 is 0 Å². The van der Waals surface area contributed by atoms with Gasteiger partial charge >= 0.3 is 0 Å². The van der Waals surface area contributed by atoms with Gasteiger partial charge < -0.3 is 45.5 Å². The van der Waals surface area contributed by atoms with Crippen LogP contribution in [0.2, 0.25) is 0 Å². The molecule has 6 N–H and O–H groups in total. The van der Waals surface area contributed by atoms with E-state index >= 15 is 0 Å². The number of piperidine rings is 1. The van der Waals surface area contributed by atoms with Crippen LogP contribution in [-0.4, -0.2) is 173 Å². The van der Waals surface area contributed by atoms with E-state index in [1.165, 1.54) is 16.9 Å². The summed E-state index contributed by atoms with van der Waals surface area (Å²) in [5, 5.41) is 25.1. The van der Waals surface area contributed by atoms with Crippen molar-refractivity contribution in [3.63, 3.8) is 0 Å². The number of aromatic nitrogens is 5. The molecule has 8 rings (SSSR count). The van der Waals surface area contributed by atoms with E-state index in [1.54, 1.807) is 54.9 Å². The number of benzene rings is 2. The molecule has 0 spiro atoms. The third-order valence-corrected chi connectivity index (χ3v) is 13.1. The smallest absolute Gasteiger partial charge is 0.278 e. The van der Waals surface area contributed by atoms with Crippen LogP contribution in [0.3, 0.4) is 0 Å². The number of pyridine rings is 1. The molecule has 0 aliphatic carbocycles. The van der Waals surface area contributed by atoms with Crippen molar-refractivity contribution in [2.45, 2.75) is 57.7 Å². The summed E-state index contributed by atoms with van der Waals surface area (Å²) in [5.74, 6) is -1.98. The number of imide groups is 2. The molecule has 6 heterocycles. The highest BCUT2D eigenvalue weighted by Gasteiger charge is 2.45. The first-order valence-electron chi connectivity index (χ1n) is 25.7. The zero-order chi connectivity index (χ0) is 54.5. The number of aliphatic hydroxyl groups is 1. The van der Waals surface area contributed by atoms with Crippen molar-refractivity contribution < 1.29 is 48.1 Å². The van der Waals surface area contributed by atoms with Gasteiger partial charge in [-0.3, -0.25) is 48.7 Å². The summed E-state index contributed by atoms with van der Waals surface area (Å²) >= 11 is 0. The standard InChI is InChI=1S/C53H65N13O11/c1-4-22-64-49(71)38-33-57-52(61-47(38)66(64)42-11-6-10-41(59-42)53(2,3)74)58-35-13-15-36(16-14-35)63-26-24-62(25-27-63)23-7-12-43(67)56-21-28-75-29-30-76-31-32-77-34-45(69)55-20-19-54-39-9-5-8-37-46(39)51(73)65(50(37)72)40-17-18-44(68)60-48(40)70/h4-6,8-11,13-16,33,40,54,74H,1,7,12,17-32,34H2,2-3H3,(H,55,69)(H,56,67)(H,57,58,61)(H,60,68,70). The van der Waals surface area contributed by atoms with Crippen molar-refractivity contribution in [1.29, 1.82) is 0 Å². The third-order valence-electron chi connectivity index (χ3n) is 13.1. The SMILES string of the molecule is C=CCn1c(=O)c2cnc(Nc3ccc(N4CCN(CCCC(=O)NCCOCCOCCOCC(=O)NCCNc5cccc6c5C(=O)N(C5CCC(=O)NC5=O)C6=O)CC4)cc3)nc2n1-c1cccc(C(C)(C)O)n1. The Bertz CT molecular complexity index is 3020. The van der Waals surface area contributed by atoms with Gasteiger partial charge in [0.2, 0.25) is 29.6 Å². The number of allylic oxidation sites excluding steroid dienone is 1. The lowest BCUT2D eigenvalue weighted by molar-refractivity contribution is -0.136. The molecule has 2 aromatic carbocycles. The Morgan fingerprint density at radius 2 is 1.57 bits per heavy atom. The number of nitrogens with zero attached hydrogens (tertiary/aromatic N) is 8. The third kappa shape index (κ3) is 13.9. The highest BCUT2D eigenvalue weighted by molar-refractivity contribution is 6.25. The minimum absolute atomic E-state index is 0.0250. The van der Waals surface area contributed by atoms with Gasteiger partial charge in [-0.15, -0.1) is 6.58 Å². The first-order valence-corrected chi connectivity index (χ1v) is 25.7. The second-order valence-electron chi connectivity index (χ2n) is 19.0. The van der Waals surface area contributed by atoms with Crippen LogP contribution in [0.15, 0.2) is 84.3 Å². The van der Waals surface area contributed by atoms with Crippen molar-refractivity contribution >= 4 is 69.5 Å². The molecule has 24 heteroatoms. The van der Waals surface area contributed by atoms with E-state index in [0.717, 1.165) is 55.4 Å². The summed E-state index contributed by atoms with van der Waals surface area (Å²) in [6.45, 7) is 13.7. The number of nitrogens with one attached hydrogen (secondary N) is 5. The molecular formula is C53H65N13O11. The molecule has 2 saturated heterocycles. The van der Waals surface area contributed by atoms with Gasteiger partial charge in [-0.05, 0) is 81.8 Å². The maximum atomic E-state index is 13.4. The first kappa shape index (κ1) is 55.3. The lowest BCUT2D eigenvalue weighted by atomic mass is 10.0. The topological polar surface area (TPSA) is 286 Å². The zero-order valence-corrected chi connectivity index (χ0v) is 43.3. The Labute approximate surface area is 444 Å². The van der Waals surface area contributed by atoms with Crippen LogP contribution in [0, 0.1) is 0 Å². The predicted octanol–water partition coefficient (Wildman–Crippen LogP) is 1.83. The Kier molecular flexibility index (Phi) is 18.5. The van der Waals surface area contributed by atoms with Gasteiger partial charge in [0.05, 0.1) is 56.4 Å². The van der Waals surface area contributed by atoms with Crippen molar-refractivity contribution in [2.75, 3.05) is 108 Å². The number of hydrogen-bond donors (Lipinski definition) is 6. The van der Waals surface area contributed by atoms with Crippen LogP contribution < -0.4 is 37.0 Å². The number of piperazine rings is 1. The number of rotatable bonds is 27. The summed E-state index contributed by atoms with van der Waals surface area (Å²) < 4.78 is 19.6. The monoisotopic (exact) mass is 1060 g/mol. The van der Waals surface area contributed by atoms with Gasteiger partial charge in [0.25, 0.3) is 17.4 Å². The van der Waals surface area contributed by atoms with Gasteiger partial charge in [-0.1, -0.05) is 18.2 Å². The average Bonchev–Trinajstić information content (AvgIpc) is 3.84. The van der Waals surface area contributed by atoms with E-state index in [2.05, 4.69) is 52.9 Å². The predicted molar refractivity (Wildman–Crippen MR) is 284 cm³/mol. The fraction of sp³-hybridized carbons (Fsp3) is 0.434. The van der Waals surface area contributed by atoms with Gasteiger partial charge in [0, 0.05) is 81.9 Å². The molecule has 1 unspecified atom stereocenters. The minimum atomic E-state index is -1.19. The first-order chi connectivity index (χ1) is 37.2. The fourth-order valence-corrected chi connectivity index (χ4v) is 9.14. The maximum Gasteiger partial charge on any atom is 0.278 e. The van der Waals surface area contributed by atoms with E-state index in [-0.39, 0.29) is 80.8 Å². The molecule has 408 valence electrons. The summed E-state index contributed by atoms with van der Waals surface area (Å²) in [5.41, 5.74) is 1.89. The molecule has 6 amide bonds. The number of carbonyl (C=O) groups is 6. The number of ether oxygens (including phenoxy) is 3. The summed E-state index contributed by atoms with van der Waals surface area (Å²) in [6.07, 6.45) is 4.38. The number of hydrogen-bond acceptors (Lipinski definition) is 18. The maximum absolute atomic E-state index is 13.4. The molecule has 0 bridgehead atoms. The summed E-state index contributed by atoms with van der Waals surface area (Å²) in [6, 6.07) is 17.0. The van der Waals surface area contributed by atoms with E-state index < -0.39 is 35.3 Å². The second kappa shape index (κ2) is 25.8. The minimum Gasteiger partial charge on any atom is -0.384 e. The highest BCUT2D eigenvalue weighted by atomic mass is 16.5. The van der Waals surface area contributed by atoms with Crippen LogP contribution in [0.25, 0.3) is 16.9 Å². The largest absolute Gasteiger partial charge is 0.384 e. The summed E-state index contributed by atoms with van der Waals surface area (Å²) in [7, 11) is 0. The van der Waals surface area contributed by atoms with Crippen molar-refractivity contribution in [3.05, 3.63) is 107 Å². The number of anilines is 4. The molecule has 5 aromatic rings. The molecule has 3 aromatic heterocycles. The van der Waals surface area contributed by atoms with E-state index in [4.69, 9.17) is 19.2 Å². The second-order valence-corrected chi connectivity index (χ2v) is 19.0. The Balaban J connectivity index is 0.637. The number of fused-ring (bicyclic) bond motifs is 2. The average molecular weight is 1060 g/mol. The van der Waals surface area contributed by atoms with Crippen LogP contribution in [-0.2, 0) is 45.5 Å². The van der Waals surface area contributed by atoms with Gasteiger partial charge in [-0.25, -0.2) is 19.3 Å². The fourth-order valence-electron chi connectivity index (χ4n) is 9.14. The van der Waals surface area contributed by atoms with Gasteiger partial charge in [0.15, 0.2) is 11.5 Å².